The van der Waals surface area contributed by atoms with Gasteiger partial charge in [0, 0.05) is 30.9 Å². The molecule has 5 nitrogen and oxygen atoms in total. The molecule has 0 aliphatic carbocycles. The number of para-hydroxylation sites is 1. The van der Waals surface area contributed by atoms with E-state index in [1.54, 1.807) is 6.07 Å². The van der Waals surface area contributed by atoms with Gasteiger partial charge in [0.05, 0.1) is 25.4 Å². The molecule has 0 amide bonds. The van der Waals surface area contributed by atoms with Crippen molar-refractivity contribution in [3.8, 4) is 0 Å². The Morgan fingerprint density at radius 3 is 2.94 bits per heavy atom. The summed E-state index contributed by atoms with van der Waals surface area (Å²) in [7, 11) is 0. The third-order valence-electron chi connectivity index (χ3n) is 3.21. The van der Waals surface area contributed by atoms with Crippen molar-refractivity contribution in [2.75, 3.05) is 38.6 Å². The van der Waals surface area contributed by atoms with Crippen LogP contribution in [0.3, 0.4) is 0 Å². The number of morpholine rings is 1. The second-order valence-electron chi connectivity index (χ2n) is 4.58. The monoisotopic (exact) mass is 252 g/mol. The Hall–Kier alpha value is -1.14. The zero-order valence-corrected chi connectivity index (χ0v) is 10.3. The minimum Gasteiger partial charge on any atom is -0.398 e. The molecule has 1 aliphatic rings. The number of nitrogens with two attached hydrogens (primary N) is 1. The van der Waals surface area contributed by atoms with Crippen molar-refractivity contribution in [3.05, 3.63) is 29.8 Å². The van der Waals surface area contributed by atoms with Gasteiger partial charge in [0.2, 0.25) is 0 Å². The van der Waals surface area contributed by atoms with E-state index in [4.69, 9.17) is 15.6 Å². The number of rotatable bonds is 4. The lowest BCUT2D eigenvalue weighted by atomic mass is 10.1. The first kappa shape index (κ1) is 13.3. The van der Waals surface area contributed by atoms with Crippen LogP contribution >= 0.6 is 0 Å². The maximum absolute atomic E-state index is 10.2. The molecule has 0 bridgehead atoms. The lowest BCUT2D eigenvalue weighted by Gasteiger charge is -2.33. The molecule has 1 aliphatic heterocycles. The number of aliphatic hydroxyl groups excluding tert-OH is 2. The lowest BCUT2D eigenvalue weighted by Crippen LogP contribution is -2.45. The van der Waals surface area contributed by atoms with Gasteiger partial charge in [-0.1, -0.05) is 18.2 Å². The molecule has 2 unspecified atom stereocenters. The van der Waals surface area contributed by atoms with Gasteiger partial charge in [-0.05, 0) is 6.07 Å². The third kappa shape index (κ3) is 3.20. The van der Waals surface area contributed by atoms with Crippen molar-refractivity contribution in [1.82, 2.24) is 4.90 Å². The number of nitrogen functional groups attached to an aromatic ring is 1. The Kier molecular flexibility index (Phi) is 4.54. The molecule has 0 aromatic heterocycles. The van der Waals surface area contributed by atoms with Gasteiger partial charge in [0.1, 0.15) is 0 Å². The molecule has 2 rings (SSSR count). The minimum atomic E-state index is -0.608. The molecule has 4 N–H and O–H groups in total. The molecule has 1 fully saturated rings. The van der Waals surface area contributed by atoms with Crippen molar-refractivity contribution in [1.29, 1.82) is 0 Å². The first-order valence-electron chi connectivity index (χ1n) is 6.18. The summed E-state index contributed by atoms with van der Waals surface area (Å²) < 4.78 is 5.37. The molecule has 2 atom stereocenters. The highest BCUT2D eigenvalue weighted by atomic mass is 16.5. The van der Waals surface area contributed by atoms with Crippen molar-refractivity contribution in [3.63, 3.8) is 0 Å². The summed E-state index contributed by atoms with van der Waals surface area (Å²) in [6.07, 6.45) is -0.761. The number of nitrogens with zero attached hydrogens (tertiary/aromatic N) is 1. The summed E-state index contributed by atoms with van der Waals surface area (Å²) in [6.45, 7) is 2.51. The maximum atomic E-state index is 10.2. The molecule has 5 heteroatoms. The Labute approximate surface area is 107 Å². The van der Waals surface area contributed by atoms with Crippen molar-refractivity contribution in [2.45, 2.75) is 12.2 Å². The fourth-order valence-corrected chi connectivity index (χ4v) is 2.21. The van der Waals surface area contributed by atoms with Crippen LogP contribution in [0.4, 0.5) is 5.69 Å². The fraction of sp³-hybridized carbons (Fsp3) is 0.538. The van der Waals surface area contributed by atoms with E-state index >= 15 is 0 Å². The van der Waals surface area contributed by atoms with Gasteiger partial charge in [0.15, 0.2) is 0 Å². The van der Waals surface area contributed by atoms with Crippen molar-refractivity contribution in [2.24, 2.45) is 0 Å². The molecular formula is C13H20N2O3. The van der Waals surface area contributed by atoms with Crippen LogP contribution in [-0.2, 0) is 4.74 Å². The number of benzene rings is 1. The Morgan fingerprint density at radius 2 is 2.22 bits per heavy atom. The molecule has 0 radical (unpaired) electrons. The number of anilines is 1. The normalized spacial score (nSPS) is 22.9. The molecule has 1 aromatic carbocycles. The van der Waals surface area contributed by atoms with Crippen LogP contribution in [0.2, 0.25) is 0 Å². The second-order valence-corrected chi connectivity index (χ2v) is 4.58. The summed E-state index contributed by atoms with van der Waals surface area (Å²) in [5, 5.41) is 19.3. The van der Waals surface area contributed by atoms with Crippen LogP contribution in [0.15, 0.2) is 24.3 Å². The maximum Gasteiger partial charge on any atom is 0.0936 e. The Bertz CT molecular complexity index is 386. The third-order valence-corrected chi connectivity index (χ3v) is 3.21. The standard InChI is InChI=1S/C13H20N2O3/c14-12-4-2-1-3-11(12)13(17)8-15-5-6-18-10(7-15)9-16/h1-4,10,13,16-17H,5-9,14H2. The minimum absolute atomic E-state index is 0.0140. The van der Waals surface area contributed by atoms with E-state index in [0.717, 1.165) is 12.1 Å². The summed E-state index contributed by atoms with van der Waals surface area (Å²) in [5.41, 5.74) is 7.20. The van der Waals surface area contributed by atoms with Gasteiger partial charge in [0.25, 0.3) is 0 Å². The van der Waals surface area contributed by atoms with Crippen LogP contribution in [-0.4, -0.2) is 54.1 Å². The SMILES string of the molecule is Nc1ccccc1C(O)CN1CCOC(CO)C1. The summed E-state index contributed by atoms with van der Waals surface area (Å²) >= 11 is 0. The van der Waals surface area contributed by atoms with E-state index in [2.05, 4.69) is 4.90 Å². The summed E-state index contributed by atoms with van der Waals surface area (Å²) in [6, 6.07) is 7.34. The van der Waals surface area contributed by atoms with Crippen LogP contribution in [0.1, 0.15) is 11.7 Å². The van der Waals surface area contributed by atoms with E-state index in [9.17, 15) is 5.11 Å². The lowest BCUT2D eigenvalue weighted by molar-refractivity contribution is -0.0617. The topological polar surface area (TPSA) is 79.0 Å². The van der Waals surface area contributed by atoms with E-state index in [0.29, 0.717) is 25.4 Å². The number of hydrogen-bond donors (Lipinski definition) is 3. The van der Waals surface area contributed by atoms with Crippen LogP contribution < -0.4 is 5.73 Å². The predicted molar refractivity (Wildman–Crippen MR) is 69.1 cm³/mol. The van der Waals surface area contributed by atoms with Gasteiger partial charge < -0.3 is 20.7 Å². The first-order chi connectivity index (χ1) is 8.70. The molecule has 18 heavy (non-hydrogen) atoms. The number of hydrogen-bond acceptors (Lipinski definition) is 5. The highest BCUT2D eigenvalue weighted by Crippen LogP contribution is 2.21. The first-order valence-corrected chi connectivity index (χ1v) is 6.18. The van der Waals surface area contributed by atoms with Crippen LogP contribution in [0.25, 0.3) is 0 Å². The van der Waals surface area contributed by atoms with Crippen LogP contribution in [0.5, 0.6) is 0 Å². The molecule has 100 valence electrons. The zero-order chi connectivity index (χ0) is 13.0. The van der Waals surface area contributed by atoms with Gasteiger partial charge >= 0.3 is 0 Å². The Balaban J connectivity index is 1.95. The molecule has 0 spiro atoms. The quantitative estimate of drug-likeness (QED) is 0.657. The molecular weight excluding hydrogens is 232 g/mol. The molecule has 1 saturated heterocycles. The van der Waals surface area contributed by atoms with E-state index in [-0.39, 0.29) is 12.7 Å². The highest BCUT2D eigenvalue weighted by Gasteiger charge is 2.22. The number of ether oxygens (including phenoxy) is 1. The van der Waals surface area contributed by atoms with Gasteiger partial charge in [-0.25, -0.2) is 0 Å². The van der Waals surface area contributed by atoms with Gasteiger partial charge in [-0.3, -0.25) is 4.90 Å². The van der Waals surface area contributed by atoms with E-state index in [1.165, 1.54) is 0 Å². The summed E-state index contributed by atoms with van der Waals surface area (Å²) in [5.74, 6) is 0. The fourth-order valence-electron chi connectivity index (χ4n) is 2.21. The molecule has 1 heterocycles. The number of β-amino-alcohol motifs (C(OH)–C–C–N with tert-alkyl or cyclic N) is 1. The average molecular weight is 252 g/mol. The zero-order valence-electron chi connectivity index (χ0n) is 10.3. The van der Waals surface area contributed by atoms with Gasteiger partial charge in [-0.2, -0.15) is 0 Å². The molecule has 0 saturated carbocycles. The van der Waals surface area contributed by atoms with Crippen molar-refractivity contribution >= 4 is 5.69 Å². The predicted octanol–water partition coefficient (Wildman–Crippen LogP) is -0.00470. The highest BCUT2D eigenvalue weighted by molar-refractivity contribution is 5.47. The van der Waals surface area contributed by atoms with E-state index < -0.39 is 6.10 Å². The Morgan fingerprint density at radius 1 is 1.44 bits per heavy atom. The van der Waals surface area contributed by atoms with Gasteiger partial charge in [-0.15, -0.1) is 0 Å². The van der Waals surface area contributed by atoms with Crippen LogP contribution in [0, 0.1) is 0 Å². The second kappa shape index (κ2) is 6.15. The average Bonchev–Trinajstić information content (AvgIpc) is 2.39. The molecule has 1 aromatic rings. The summed E-state index contributed by atoms with van der Waals surface area (Å²) in [4.78, 5) is 2.08. The smallest absolute Gasteiger partial charge is 0.0936 e. The van der Waals surface area contributed by atoms with E-state index in [1.807, 2.05) is 18.2 Å². The number of aliphatic hydroxyl groups is 2. The largest absolute Gasteiger partial charge is 0.398 e. The van der Waals surface area contributed by atoms with Crippen molar-refractivity contribution < 1.29 is 14.9 Å².